The maximum absolute atomic E-state index is 13.3. The molecule has 15 heavy (non-hydrogen) atoms. The second kappa shape index (κ2) is 5.46. The predicted molar refractivity (Wildman–Crippen MR) is 56.1 cm³/mol. The van der Waals surface area contributed by atoms with Gasteiger partial charge in [-0.05, 0) is 31.0 Å². The number of carbonyl (C=O) groups is 1. The summed E-state index contributed by atoms with van der Waals surface area (Å²) in [5.41, 5.74) is 0.990. The van der Waals surface area contributed by atoms with Gasteiger partial charge in [0.15, 0.2) is 0 Å². The predicted octanol–water partition coefficient (Wildman–Crippen LogP) is 1.85. The third kappa shape index (κ3) is 3.67. The fraction of sp³-hybridized carbons (Fsp3) is 0.364. The molecule has 0 saturated heterocycles. The van der Waals surface area contributed by atoms with E-state index in [-0.39, 0.29) is 24.6 Å². The lowest BCUT2D eigenvalue weighted by Gasteiger charge is -2.06. The lowest BCUT2D eigenvalue weighted by molar-refractivity contribution is -0.116. The number of nitrogens with one attached hydrogen (secondary N) is 1. The first kappa shape index (κ1) is 11.7. The minimum absolute atomic E-state index is 0.0379. The first-order valence-corrected chi connectivity index (χ1v) is 4.80. The molecule has 0 heterocycles. The summed E-state index contributed by atoms with van der Waals surface area (Å²) in [6, 6.07) is 4.62. The van der Waals surface area contributed by atoms with E-state index in [0.717, 1.165) is 5.56 Å². The van der Waals surface area contributed by atoms with Gasteiger partial charge in [-0.3, -0.25) is 4.79 Å². The van der Waals surface area contributed by atoms with Crippen molar-refractivity contribution in [1.29, 1.82) is 0 Å². The lowest BCUT2D eigenvalue weighted by atomic mass is 10.2. The normalized spacial score (nSPS) is 10.1. The smallest absolute Gasteiger partial charge is 0.224 e. The van der Waals surface area contributed by atoms with Crippen molar-refractivity contribution in [2.75, 3.05) is 11.9 Å². The molecule has 2 N–H and O–H groups in total. The number of halogens is 1. The van der Waals surface area contributed by atoms with Crippen molar-refractivity contribution in [2.45, 2.75) is 19.8 Å². The van der Waals surface area contributed by atoms with Gasteiger partial charge in [-0.2, -0.15) is 0 Å². The highest BCUT2D eigenvalue weighted by molar-refractivity contribution is 5.90. The average Bonchev–Trinajstić information content (AvgIpc) is 2.19. The molecule has 4 heteroatoms. The fourth-order valence-corrected chi connectivity index (χ4v) is 1.17. The van der Waals surface area contributed by atoms with Gasteiger partial charge in [0, 0.05) is 13.0 Å². The van der Waals surface area contributed by atoms with E-state index in [1.807, 2.05) is 0 Å². The second-order valence-corrected chi connectivity index (χ2v) is 3.36. The van der Waals surface area contributed by atoms with Gasteiger partial charge in [-0.1, -0.05) is 6.07 Å². The second-order valence-electron chi connectivity index (χ2n) is 3.36. The van der Waals surface area contributed by atoms with E-state index < -0.39 is 5.82 Å². The molecule has 3 nitrogen and oxygen atoms in total. The van der Waals surface area contributed by atoms with Crippen molar-refractivity contribution in [3.05, 3.63) is 29.6 Å². The van der Waals surface area contributed by atoms with Crippen LogP contribution in [0.1, 0.15) is 18.4 Å². The molecule has 0 spiro atoms. The number of amides is 1. The van der Waals surface area contributed by atoms with Crippen LogP contribution in [0.15, 0.2) is 18.2 Å². The molecule has 0 unspecified atom stereocenters. The zero-order valence-electron chi connectivity index (χ0n) is 8.59. The van der Waals surface area contributed by atoms with Gasteiger partial charge in [0.25, 0.3) is 0 Å². The molecule has 1 amide bonds. The summed E-state index contributed by atoms with van der Waals surface area (Å²) < 4.78 is 13.3. The maximum Gasteiger partial charge on any atom is 0.224 e. The molecule has 0 aliphatic heterocycles. The van der Waals surface area contributed by atoms with E-state index in [2.05, 4.69) is 5.32 Å². The van der Waals surface area contributed by atoms with Crippen LogP contribution in [0.25, 0.3) is 0 Å². The number of hydrogen-bond acceptors (Lipinski definition) is 2. The Balaban J connectivity index is 2.60. The molecule has 82 valence electrons. The van der Waals surface area contributed by atoms with E-state index in [4.69, 9.17) is 5.11 Å². The summed E-state index contributed by atoms with van der Waals surface area (Å²) >= 11 is 0. The molecular weight excluding hydrogens is 197 g/mol. The number of hydrogen-bond donors (Lipinski definition) is 2. The van der Waals surface area contributed by atoms with Gasteiger partial charge in [0.05, 0.1) is 5.69 Å². The highest BCUT2D eigenvalue weighted by atomic mass is 19.1. The lowest BCUT2D eigenvalue weighted by Crippen LogP contribution is -2.12. The monoisotopic (exact) mass is 211 g/mol. The number of benzene rings is 1. The fourth-order valence-electron chi connectivity index (χ4n) is 1.17. The van der Waals surface area contributed by atoms with Crippen LogP contribution >= 0.6 is 0 Å². The minimum atomic E-state index is -0.438. The molecule has 0 bridgehead atoms. The van der Waals surface area contributed by atoms with Gasteiger partial charge < -0.3 is 10.4 Å². The molecule has 0 aliphatic rings. The van der Waals surface area contributed by atoms with E-state index >= 15 is 0 Å². The molecule has 0 fully saturated rings. The minimum Gasteiger partial charge on any atom is -0.396 e. The Labute approximate surface area is 87.9 Å². The van der Waals surface area contributed by atoms with Crippen molar-refractivity contribution in [3.63, 3.8) is 0 Å². The molecule has 1 rings (SSSR count). The van der Waals surface area contributed by atoms with Crippen LogP contribution in [-0.4, -0.2) is 17.6 Å². The van der Waals surface area contributed by atoms with Crippen molar-refractivity contribution < 1.29 is 14.3 Å². The zero-order valence-corrected chi connectivity index (χ0v) is 8.59. The van der Waals surface area contributed by atoms with Crippen LogP contribution in [-0.2, 0) is 4.79 Å². The Morgan fingerprint density at radius 1 is 1.53 bits per heavy atom. The van der Waals surface area contributed by atoms with Crippen LogP contribution in [0.5, 0.6) is 0 Å². The number of carbonyl (C=O) groups excluding carboxylic acids is 1. The summed E-state index contributed by atoms with van der Waals surface area (Å²) in [6.07, 6.45) is 0.586. The van der Waals surface area contributed by atoms with Crippen molar-refractivity contribution in [2.24, 2.45) is 0 Å². The Bertz CT molecular complexity index is 352. The van der Waals surface area contributed by atoms with Gasteiger partial charge in [-0.15, -0.1) is 0 Å². The Morgan fingerprint density at radius 2 is 2.27 bits per heavy atom. The van der Waals surface area contributed by atoms with E-state index in [9.17, 15) is 9.18 Å². The highest BCUT2D eigenvalue weighted by Gasteiger charge is 2.06. The summed E-state index contributed by atoms with van der Waals surface area (Å²) in [5, 5.41) is 11.0. The molecule has 0 aromatic heterocycles. The van der Waals surface area contributed by atoms with Crippen LogP contribution in [0.3, 0.4) is 0 Å². The largest absolute Gasteiger partial charge is 0.396 e. The van der Waals surface area contributed by atoms with Crippen LogP contribution in [0.4, 0.5) is 10.1 Å². The first-order valence-electron chi connectivity index (χ1n) is 4.80. The van der Waals surface area contributed by atoms with E-state index in [0.29, 0.717) is 6.42 Å². The van der Waals surface area contributed by atoms with Crippen LogP contribution in [0.2, 0.25) is 0 Å². The van der Waals surface area contributed by atoms with Crippen molar-refractivity contribution in [3.8, 4) is 0 Å². The highest BCUT2D eigenvalue weighted by Crippen LogP contribution is 2.15. The SMILES string of the molecule is Cc1ccc(NC(=O)CCCO)c(F)c1. The molecule has 1 aromatic rings. The summed E-state index contributed by atoms with van der Waals surface area (Å²) in [4.78, 5) is 11.2. The number of aliphatic hydroxyl groups is 1. The van der Waals surface area contributed by atoms with Crippen LogP contribution in [0, 0.1) is 12.7 Å². The van der Waals surface area contributed by atoms with Crippen LogP contribution < -0.4 is 5.32 Å². The van der Waals surface area contributed by atoms with Gasteiger partial charge in [0.2, 0.25) is 5.91 Å². The zero-order chi connectivity index (χ0) is 11.3. The van der Waals surface area contributed by atoms with Gasteiger partial charge >= 0.3 is 0 Å². The molecule has 1 aromatic carbocycles. The van der Waals surface area contributed by atoms with Crippen molar-refractivity contribution in [1.82, 2.24) is 0 Å². The molecule has 0 atom stereocenters. The topological polar surface area (TPSA) is 49.3 Å². The van der Waals surface area contributed by atoms with Gasteiger partial charge in [-0.25, -0.2) is 4.39 Å². The molecule has 0 saturated carbocycles. The third-order valence-corrected chi connectivity index (χ3v) is 1.96. The van der Waals surface area contributed by atoms with Crippen molar-refractivity contribution >= 4 is 11.6 Å². The number of rotatable bonds is 4. The van der Waals surface area contributed by atoms with Gasteiger partial charge in [0.1, 0.15) is 5.82 Å². The van der Waals surface area contributed by atoms with E-state index in [1.54, 1.807) is 13.0 Å². The number of anilines is 1. The molecule has 0 radical (unpaired) electrons. The third-order valence-electron chi connectivity index (χ3n) is 1.96. The Hall–Kier alpha value is -1.42. The Morgan fingerprint density at radius 3 is 2.87 bits per heavy atom. The number of aliphatic hydroxyl groups excluding tert-OH is 1. The summed E-state index contributed by atoms with van der Waals surface area (Å²) in [6.45, 7) is 1.74. The molecule has 0 aliphatic carbocycles. The first-order chi connectivity index (χ1) is 7.13. The summed E-state index contributed by atoms with van der Waals surface area (Å²) in [7, 11) is 0. The van der Waals surface area contributed by atoms with E-state index in [1.165, 1.54) is 12.1 Å². The number of aryl methyl sites for hydroxylation is 1. The molecular formula is C11H14FNO2. The standard InChI is InChI=1S/C11H14FNO2/c1-8-4-5-10(9(12)7-8)13-11(15)3-2-6-14/h4-5,7,14H,2-3,6H2,1H3,(H,13,15). The maximum atomic E-state index is 13.3. The Kier molecular flexibility index (Phi) is 4.24. The quantitative estimate of drug-likeness (QED) is 0.798. The summed E-state index contributed by atoms with van der Waals surface area (Å²) in [5.74, 6) is -0.723. The average molecular weight is 211 g/mol.